The molecule has 0 heterocycles. The van der Waals surface area contributed by atoms with Crippen LogP contribution in [0.15, 0.2) is 30.3 Å². The predicted octanol–water partition coefficient (Wildman–Crippen LogP) is 1.91. The minimum Gasteiger partial charge on any atom is -0.480 e. The van der Waals surface area contributed by atoms with Crippen molar-refractivity contribution in [3.05, 3.63) is 35.9 Å². The van der Waals surface area contributed by atoms with E-state index < -0.39 is 29.8 Å². The topological polar surface area (TPSA) is 123 Å². The second kappa shape index (κ2) is 11.0. The molecule has 0 saturated carbocycles. The van der Waals surface area contributed by atoms with Gasteiger partial charge in [0.2, 0.25) is 0 Å². The summed E-state index contributed by atoms with van der Waals surface area (Å²) in [6.07, 6.45) is -1.45. The van der Waals surface area contributed by atoms with E-state index in [9.17, 15) is 14.4 Å². The molecule has 1 rings (SSSR count). The molecule has 0 saturated heterocycles. The first-order chi connectivity index (χ1) is 12.7. The van der Waals surface area contributed by atoms with Crippen molar-refractivity contribution in [2.24, 2.45) is 0 Å². The van der Waals surface area contributed by atoms with Crippen molar-refractivity contribution in [2.45, 2.75) is 39.0 Å². The maximum absolute atomic E-state index is 11.6. The smallest absolute Gasteiger partial charge is 0.408 e. The molecule has 1 unspecified atom stereocenters. The van der Waals surface area contributed by atoms with Crippen molar-refractivity contribution >= 4 is 18.2 Å². The molecule has 0 radical (unpaired) electrons. The molecule has 0 spiro atoms. The molecule has 150 valence electrons. The van der Waals surface area contributed by atoms with Crippen molar-refractivity contribution in [1.82, 2.24) is 10.6 Å². The third kappa shape index (κ3) is 10.7. The Morgan fingerprint density at radius 1 is 1.11 bits per heavy atom. The zero-order chi connectivity index (χ0) is 20.3. The molecule has 0 aliphatic heterocycles. The van der Waals surface area contributed by atoms with Crippen LogP contribution in [0.5, 0.6) is 0 Å². The first-order valence-electron chi connectivity index (χ1n) is 8.42. The average molecular weight is 382 g/mol. The lowest BCUT2D eigenvalue weighted by Crippen LogP contribution is -2.46. The van der Waals surface area contributed by atoms with Gasteiger partial charge in [0.05, 0.1) is 13.2 Å². The van der Waals surface area contributed by atoms with E-state index in [1.54, 1.807) is 20.8 Å². The van der Waals surface area contributed by atoms with Crippen LogP contribution in [0.25, 0.3) is 0 Å². The van der Waals surface area contributed by atoms with Crippen molar-refractivity contribution in [1.29, 1.82) is 0 Å². The molecule has 27 heavy (non-hydrogen) atoms. The van der Waals surface area contributed by atoms with Gasteiger partial charge in [-0.25, -0.2) is 14.4 Å². The van der Waals surface area contributed by atoms with Gasteiger partial charge in [0.25, 0.3) is 0 Å². The summed E-state index contributed by atoms with van der Waals surface area (Å²) in [5.74, 6) is -1.25. The van der Waals surface area contributed by atoms with Gasteiger partial charge in [-0.1, -0.05) is 30.3 Å². The van der Waals surface area contributed by atoms with Crippen molar-refractivity contribution < 1.29 is 33.7 Å². The normalized spacial score (nSPS) is 12.0. The number of carboxylic acids is 1. The van der Waals surface area contributed by atoms with E-state index in [4.69, 9.17) is 19.3 Å². The number of alkyl carbamates (subject to hydrolysis) is 2. The van der Waals surface area contributed by atoms with Gasteiger partial charge in [0.1, 0.15) is 12.2 Å². The number of aliphatic carboxylic acids is 1. The molecule has 0 aromatic heterocycles. The fraction of sp³-hybridized carbons (Fsp3) is 0.500. The Morgan fingerprint density at radius 2 is 1.78 bits per heavy atom. The molecule has 3 N–H and O–H groups in total. The minimum absolute atomic E-state index is 0.0558. The molecule has 9 nitrogen and oxygen atoms in total. The van der Waals surface area contributed by atoms with Gasteiger partial charge in [-0.2, -0.15) is 0 Å². The fourth-order valence-electron chi connectivity index (χ4n) is 1.83. The summed E-state index contributed by atoms with van der Waals surface area (Å²) < 4.78 is 15.2. The lowest BCUT2D eigenvalue weighted by atomic mass is 10.2. The molecular formula is C18H26N2O7. The van der Waals surface area contributed by atoms with Crippen LogP contribution in [0, 0.1) is 0 Å². The lowest BCUT2D eigenvalue weighted by molar-refractivity contribution is -0.141. The Balaban J connectivity index is 2.21. The molecule has 0 bridgehead atoms. The Hall–Kier alpha value is -2.81. The number of benzene rings is 1. The third-order valence-corrected chi connectivity index (χ3v) is 3.00. The number of nitrogens with one attached hydrogen (secondary N) is 2. The minimum atomic E-state index is -1.26. The van der Waals surface area contributed by atoms with Gasteiger partial charge in [0.15, 0.2) is 6.04 Å². The van der Waals surface area contributed by atoms with E-state index in [1.807, 2.05) is 30.3 Å². The number of carbonyl (C=O) groups excluding carboxylic acids is 2. The van der Waals surface area contributed by atoms with Crippen LogP contribution in [0.2, 0.25) is 0 Å². The van der Waals surface area contributed by atoms with E-state index in [-0.39, 0.29) is 26.4 Å². The second-order valence-corrected chi connectivity index (χ2v) is 6.60. The zero-order valence-electron chi connectivity index (χ0n) is 15.7. The van der Waals surface area contributed by atoms with Gasteiger partial charge < -0.3 is 30.0 Å². The summed E-state index contributed by atoms with van der Waals surface area (Å²) in [6.45, 7) is 5.07. The van der Waals surface area contributed by atoms with Crippen molar-refractivity contribution in [2.75, 3.05) is 19.8 Å². The monoisotopic (exact) mass is 382 g/mol. The molecule has 0 fully saturated rings. The van der Waals surface area contributed by atoms with Crippen LogP contribution in [-0.2, 0) is 25.6 Å². The van der Waals surface area contributed by atoms with Crippen LogP contribution in [0.3, 0.4) is 0 Å². The number of hydrogen-bond donors (Lipinski definition) is 3. The number of ether oxygens (including phenoxy) is 3. The summed E-state index contributed by atoms with van der Waals surface area (Å²) in [4.78, 5) is 34.3. The van der Waals surface area contributed by atoms with Gasteiger partial charge >= 0.3 is 18.2 Å². The van der Waals surface area contributed by atoms with Crippen LogP contribution in [0.4, 0.5) is 9.59 Å². The molecular weight excluding hydrogens is 356 g/mol. The predicted molar refractivity (Wildman–Crippen MR) is 96.2 cm³/mol. The standard InChI is InChI=1S/C18H26N2O7/c1-18(2,3)27-17(24)20-14(15(21)22)12-25-10-9-19-16(23)26-11-13-7-5-4-6-8-13/h4-8,14H,9-12H2,1-3H3,(H,19,23)(H,20,24)(H,21,22). The first-order valence-corrected chi connectivity index (χ1v) is 8.42. The quantitative estimate of drug-likeness (QED) is 0.557. The highest BCUT2D eigenvalue weighted by atomic mass is 16.6. The van der Waals surface area contributed by atoms with Gasteiger partial charge in [-0.3, -0.25) is 0 Å². The number of carbonyl (C=O) groups is 3. The first kappa shape index (κ1) is 22.2. The summed E-state index contributed by atoms with van der Waals surface area (Å²) in [7, 11) is 0. The maximum Gasteiger partial charge on any atom is 0.408 e. The molecule has 1 atom stereocenters. The highest BCUT2D eigenvalue weighted by Gasteiger charge is 2.24. The Kier molecular flexibility index (Phi) is 9.07. The van der Waals surface area contributed by atoms with Gasteiger partial charge in [-0.05, 0) is 26.3 Å². The molecule has 2 amide bonds. The SMILES string of the molecule is CC(C)(C)OC(=O)NC(COCCNC(=O)OCc1ccccc1)C(=O)O. The van der Waals surface area contributed by atoms with Crippen molar-refractivity contribution in [3.8, 4) is 0 Å². The Labute approximate surface area is 158 Å². The molecule has 9 heteroatoms. The molecule has 1 aromatic carbocycles. The lowest BCUT2D eigenvalue weighted by Gasteiger charge is -2.22. The highest BCUT2D eigenvalue weighted by molar-refractivity contribution is 5.80. The summed E-state index contributed by atoms with van der Waals surface area (Å²) in [5.41, 5.74) is 0.124. The van der Waals surface area contributed by atoms with Crippen molar-refractivity contribution in [3.63, 3.8) is 0 Å². The Morgan fingerprint density at radius 3 is 2.37 bits per heavy atom. The number of carboxylic acid groups (broad SMARTS) is 1. The summed E-state index contributed by atoms with van der Waals surface area (Å²) in [6, 6.07) is 7.96. The third-order valence-electron chi connectivity index (χ3n) is 3.00. The van der Waals surface area contributed by atoms with Gasteiger partial charge in [-0.15, -0.1) is 0 Å². The van der Waals surface area contributed by atoms with Crippen LogP contribution in [0.1, 0.15) is 26.3 Å². The van der Waals surface area contributed by atoms with E-state index >= 15 is 0 Å². The second-order valence-electron chi connectivity index (χ2n) is 6.60. The van der Waals surface area contributed by atoms with E-state index in [0.717, 1.165) is 5.56 Å². The average Bonchev–Trinajstić information content (AvgIpc) is 2.57. The van der Waals surface area contributed by atoms with Crippen LogP contribution < -0.4 is 10.6 Å². The maximum atomic E-state index is 11.6. The van der Waals surface area contributed by atoms with Crippen LogP contribution >= 0.6 is 0 Å². The fourth-order valence-corrected chi connectivity index (χ4v) is 1.83. The Bertz CT molecular complexity index is 614. The number of amides is 2. The zero-order valence-corrected chi connectivity index (χ0v) is 15.7. The van der Waals surface area contributed by atoms with E-state index in [0.29, 0.717) is 0 Å². The van der Waals surface area contributed by atoms with E-state index in [1.165, 1.54) is 0 Å². The number of rotatable bonds is 9. The summed E-state index contributed by atoms with van der Waals surface area (Å²) in [5, 5.41) is 13.8. The number of hydrogen-bond acceptors (Lipinski definition) is 6. The summed E-state index contributed by atoms with van der Waals surface area (Å²) >= 11 is 0. The molecule has 0 aliphatic carbocycles. The van der Waals surface area contributed by atoms with Gasteiger partial charge in [0, 0.05) is 6.54 Å². The van der Waals surface area contributed by atoms with Crippen LogP contribution in [-0.4, -0.2) is 54.7 Å². The van der Waals surface area contributed by atoms with E-state index in [2.05, 4.69) is 10.6 Å². The molecule has 1 aromatic rings. The molecule has 0 aliphatic rings. The highest BCUT2D eigenvalue weighted by Crippen LogP contribution is 2.06. The largest absolute Gasteiger partial charge is 0.480 e.